The second kappa shape index (κ2) is 5.11. The Morgan fingerprint density at radius 2 is 2.21 bits per heavy atom. The van der Waals surface area contributed by atoms with Gasteiger partial charge in [0.05, 0.1) is 6.04 Å². The van der Waals surface area contributed by atoms with Crippen molar-refractivity contribution in [3.63, 3.8) is 0 Å². The number of hydrogen-bond acceptors (Lipinski definition) is 4. The molecule has 0 aliphatic carbocycles. The lowest BCUT2D eigenvalue weighted by molar-refractivity contribution is 0.0170. The van der Waals surface area contributed by atoms with Gasteiger partial charge in [-0.1, -0.05) is 0 Å². The molecule has 2 rings (SSSR count). The predicted molar refractivity (Wildman–Crippen MR) is 69.0 cm³/mol. The Bertz CT molecular complexity index is 497. The van der Waals surface area contributed by atoms with E-state index in [0.29, 0.717) is 13.1 Å². The molecule has 1 aromatic rings. The van der Waals surface area contributed by atoms with Crippen molar-refractivity contribution in [2.45, 2.75) is 45.3 Å². The fourth-order valence-corrected chi connectivity index (χ4v) is 2.22. The summed E-state index contributed by atoms with van der Waals surface area (Å²) in [5.74, 6) is -0.379. The average Bonchev–Trinajstić information content (AvgIpc) is 2.73. The summed E-state index contributed by atoms with van der Waals surface area (Å²) in [6.45, 7) is 6.67. The number of nitrogens with zero attached hydrogens (tertiary/aromatic N) is 2. The Hall–Kier alpha value is -1.72. The number of piperidine rings is 1. The molecule has 1 unspecified atom stereocenters. The Labute approximate surface area is 111 Å². The number of carbonyl (C=O) groups is 1. The molecule has 19 heavy (non-hydrogen) atoms. The van der Waals surface area contributed by atoms with Crippen LogP contribution in [-0.2, 0) is 4.74 Å². The zero-order valence-corrected chi connectivity index (χ0v) is 11.6. The normalized spacial score (nSPS) is 20.4. The van der Waals surface area contributed by atoms with Crippen molar-refractivity contribution < 1.29 is 13.9 Å². The topological polar surface area (TPSA) is 64.7 Å². The quantitative estimate of drug-likeness (QED) is 0.781. The minimum atomic E-state index is -0.503. The first-order valence-corrected chi connectivity index (χ1v) is 6.50. The molecule has 0 radical (unpaired) electrons. The van der Waals surface area contributed by atoms with Crippen molar-refractivity contribution in [1.29, 1.82) is 0 Å². The van der Waals surface area contributed by atoms with Crippen LogP contribution in [0.4, 0.5) is 4.79 Å². The minimum absolute atomic E-state index is 0.0347. The third-order valence-electron chi connectivity index (χ3n) is 3.04. The van der Waals surface area contributed by atoms with Gasteiger partial charge in [0.2, 0.25) is 0 Å². The fraction of sp³-hybridized carbons (Fsp3) is 0.692. The van der Waals surface area contributed by atoms with E-state index in [4.69, 9.17) is 9.15 Å². The van der Waals surface area contributed by atoms with Gasteiger partial charge in [-0.05, 0) is 33.6 Å². The van der Waals surface area contributed by atoms with E-state index in [-0.39, 0.29) is 17.9 Å². The molecule has 0 aromatic carbocycles. The Morgan fingerprint density at radius 1 is 1.47 bits per heavy atom. The van der Waals surface area contributed by atoms with E-state index < -0.39 is 5.60 Å². The summed E-state index contributed by atoms with van der Waals surface area (Å²) in [7, 11) is 0. The molecule has 0 spiro atoms. The lowest BCUT2D eigenvalue weighted by Gasteiger charge is -2.34. The van der Waals surface area contributed by atoms with Gasteiger partial charge in [-0.15, -0.1) is 0 Å². The molecule has 1 aliphatic rings. The van der Waals surface area contributed by atoms with Crippen LogP contribution in [0.25, 0.3) is 0 Å². The molecular weight excluding hydrogens is 248 g/mol. The van der Waals surface area contributed by atoms with Crippen molar-refractivity contribution in [3.05, 3.63) is 23.0 Å². The van der Waals surface area contributed by atoms with E-state index in [1.54, 1.807) is 11.1 Å². The number of amides is 1. The van der Waals surface area contributed by atoms with Gasteiger partial charge >= 0.3 is 11.8 Å². The predicted octanol–water partition coefficient (Wildman–Crippen LogP) is 2.01. The molecule has 6 nitrogen and oxygen atoms in total. The highest BCUT2D eigenvalue weighted by molar-refractivity contribution is 5.68. The van der Waals surface area contributed by atoms with Gasteiger partial charge in [0.15, 0.2) is 0 Å². The number of carbonyl (C=O) groups excluding carboxylic acids is 1. The highest BCUT2D eigenvalue weighted by atomic mass is 16.6. The van der Waals surface area contributed by atoms with E-state index in [0.717, 1.165) is 12.8 Å². The molecule has 6 heteroatoms. The van der Waals surface area contributed by atoms with Gasteiger partial charge in [0, 0.05) is 19.3 Å². The van der Waals surface area contributed by atoms with Gasteiger partial charge in [-0.3, -0.25) is 4.57 Å². The van der Waals surface area contributed by atoms with Crippen molar-refractivity contribution in [2.75, 3.05) is 13.1 Å². The third-order valence-corrected chi connectivity index (χ3v) is 3.04. The van der Waals surface area contributed by atoms with Crippen LogP contribution in [0.1, 0.15) is 39.7 Å². The molecule has 2 heterocycles. The molecule has 1 amide bonds. The number of oxazole rings is 1. The standard InChI is InChI=1S/C13H20N2O4/c1-13(2,3)19-11(16)14-6-4-5-10(9-14)15-7-8-18-12(15)17/h7-8,10H,4-6,9H2,1-3H3. The number of rotatable bonds is 1. The summed E-state index contributed by atoms with van der Waals surface area (Å²) in [6, 6.07) is -0.0347. The fourth-order valence-electron chi connectivity index (χ4n) is 2.22. The second-order valence-electron chi connectivity index (χ2n) is 5.80. The molecular formula is C13H20N2O4. The maximum atomic E-state index is 12.0. The maximum absolute atomic E-state index is 12.0. The Balaban J connectivity index is 2.04. The van der Waals surface area contributed by atoms with Crippen molar-refractivity contribution in [3.8, 4) is 0 Å². The SMILES string of the molecule is CC(C)(C)OC(=O)N1CCCC(n2ccoc2=O)C1. The van der Waals surface area contributed by atoms with E-state index in [1.807, 2.05) is 20.8 Å². The molecule has 1 aliphatic heterocycles. The van der Waals surface area contributed by atoms with Crippen molar-refractivity contribution in [1.82, 2.24) is 9.47 Å². The summed E-state index contributed by atoms with van der Waals surface area (Å²) in [5.41, 5.74) is -0.503. The Kier molecular flexibility index (Phi) is 3.68. The summed E-state index contributed by atoms with van der Waals surface area (Å²) >= 11 is 0. The molecule has 1 aromatic heterocycles. The van der Waals surface area contributed by atoms with Gasteiger partial charge in [-0.25, -0.2) is 9.59 Å². The van der Waals surface area contributed by atoms with Gasteiger partial charge in [0.25, 0.3) is 0 Å². The largest absolute Gasteiger partial charge is 0.444 e. The van der Waals surface area contributed by atoms with Crippen LogP contribution >= 0.6 is 0 Å². The monoisotopic (exact) mass is 268 g/mol. The average molecular weight is 268 g/mol. The molecule has 1 atom stereocenters. The molecule has 0 saturated carbocycles. The van der Waals surface area contributed by atoms with Crippen LogP contribution in [0.5, 0.6) is 0 Å². The van der Waals surface area contributed by atoms with Crippen molar-refractivity contribution >= 4 is 6.09 Å². The van der Waals surface area contributed by atoms with E-state index in [1.165, 1.54) is 10.8 Å². The maximum Gasteiger partial charge on any atom is 0.419 e. The second-order valence-corrected chi connectivity index (χ2v) is 5.80. The number of aromatic nitrogens is 1. The smallest absolute Gasteiger partial charge is 0.419 e. The third kappa shape index (κ3) is 3.39. The number of hydrogen-bond donors (Lipinski definition) is 0. The summed E-state index contributed by atoms with van der Waals surface area (Å²) in [5, 5.41) is 0. The molecule has 1 fully saturated rings. The van der Waals surface area contributed by atoms with E-state index in [2.05, 4.69) is 0 Å². The van der Waals surface area contributed by atoms with Gasteiger partial charge in [0.1, 0.15) is 11.9 Å². The molecule has 0 bridgehead atoms. The first kappa shape index (κ1) is 13.7. The van der Waals surface area contributed by atoms with Gasteiger partial charge in [-0.2, -0.15) is 0 Å². The van der Waals surface area contributed by atoms with Crippen molar-refractivity contribution in [2.24, 2.45) is 0 Å². The van der Waals surface area contributed by atoms with Crippen LogP contribution < -0.4 is 5.76 Å². The van der Waals surface area contributed by atoms with Crippen LogP contribution in [0.2, 0.25) is 0 Å². The van der Waals surface area contributed by atoms with E-state index in [9.17, 15) is 9.59 Å². The van der Waals surface area contributed by atoms with Crippen LogP contribution in [0.3, 0.4) is 0 Å². The summed E-state index contributed by atoms with van der Waals surface area (Å²) in [4.78, 5) is 25.1. The Morgan fingerprint density at radius 3 is 2.79 bits per heavy atom. The summed E-state index contributed by atoms with van der Waals surface area (Å²) < 4.78 is 11.7. The molecule has 1 saturated heterocycles. The van der Waals surface area contributed by atoms with Gasteiger partial charge < -0.3 is 14.1 Å². The first-order valence-electron chi connectivity index (χ1n) is 6.50. The zero-order chi connectivity index (χ0) is 14.0. The van der Waals surface area contributed by atoms with Crippen LogP contribution in [-0.4, -0.2) is 34.3 Å². The summed E-state index contributed by atoms with van der Waals surface area (Å²) in [6.07, 6.45) is 4.37. The lowest BCUT2D eigenvalue weighted by atomic mass is 10.1. The van der Waals surface area contributed by atoms with E-state index >= 15 is 0 Å². The highest BCUT2D eigenvalue weighted by Gasteiger charge is 2.29. The number of likely N-dealkylation sites (tertiary alicyclic amines) is 1. The van der Waals surface area contributed by atoms with Crippen LogP contribution in [0.15, 0.2) is 21.7 Å². The van der Waals surface area contributed by atoms with Crippen LogP contribution in [0, 0.1) is 0 Å². The lowest BCUT2D eigenvalue weighted by Crippen LogP contribution is -2.44. The number of ether oxygens (including phenoxy) is 1. The zero-order valence-electron chi connectivity index (χ0n) is 11.6. The molecule has 0 N–H and O–H groups in total. The minimum Gasteiger partial charge on any atom is -0.444 e. The highest BCUT2D eigenvalue weighted by Crippen LogP contribution is 2.22. The molecule has 106 valence electrons. The first-order chi connectivity index (χ1) is 8.87.